The number of nitrogens with one attached hydrogen (secondary N) is 1. The molecule has 39 heavy (non-hydrogen) atoms. The van der Waals surface area contributed by atoms with Crippen LogP contribution in [0.4, 0.5) is 4.79 Å². The molecule has 2 saturated heterocycles. The predicted octanol–water partition coefficient (Wildman–Crippen LogP) is -2.08. The number of ether oxygens (including phenoxy) is 5. The highest BCUT2D eigenvalue weighted by atomic mass is 16.8. The average Bonchev–Trinajstić information content (AvgIpc) is 3.16. The maximum Gasteiger partial charge on any atom is 0.408 e. The highest BCUT2D eigenvalue weighted by Gasteiger charge is 2.53. The Morgan fingerprint density at radius 1 is 0.923 bits per heavy atom. The van der Waals surface area contributed by atoms with Crippen molar-refractivity contribution in [1.82, 2.24) is 5.32 Å². The molecule has 9 N–H and O–H groups in total. The van der Waals surface area contributed by atoms with Gasteiger partial charge in [-0.05, 0) is 39.0 Å². The van der Waals surface area contributed by atoms with Crippen LogP contribution in [0.2, 0.25) is 0 Å². The van der Waals surface area contributed by atoms with Crippen molar-refractivity contribution < 1.29 is 59.1 Å². The van der Waals surface area contributed by atoms with Crippen LogP contribution < -0.4 is 11.1 Å². The fourth-order valence-corrected chi connectivity index (χ4v) is 5.40. The predicted molar refractivity (Wildman–Crippen MR) is 134 cm³/mol. The lowest BCUT2D eigenvalue weighted by atomic mass is 9.75. The van der Waals surface area contributed by atoms with Crippen molar-refractivity contribution in [2.75, 3.05) is 13.2 Å². The Morgan fingerprint density at radius 2 is 1.54 bits per heavy atom. The molecule has 0 radical (unpaired) electrons. The van der Waals surface area contributed by atoms with Gasteiger partial charge in [0, 0.05) is 6.54 Å². The normalized spacial score (nSPS) is 45.2. The Hall–Kier alpha value is -1.17. The molecule has 3 aliphatic rings. The van der Waals surface area contributed by atoms with E-state index in [1.54, 1.807) is 20.8 Å². The minimum Gasteiger partial charge on any atom is -0.444 e. The SMILES string of the molecule is CCC1CC(C)C(O)C(OC2OC(CO)C(OC3OC(CN)C(O)C(O)C3NC(=O)OC(C)(C)C)C2O)C1O. The van der Waals surface area contributed by atoms with Crippen LogP contribution in [0.1, 0.15) is 47.5 Å². The summed E-state index contributed by atoms with van der Waals surface area (Å²) in [4.78, 5) is 12.5. The van der Waals surface area contributed by atoms with Gasteiger partial charge in [0.1, 0.15) is 54.4 Å². The lowest BCUT2D eigenvalue weighted by Crippen LogP contribution is -2.66. The van der Waals surface area contributed by atoms with Crippen LogP contribution in [0.3, 0.4) is 0 Å². The second kappa shape index (κ2) is 13.2. The summed E-state index contributed by atoms with van der Waals surface area (Å²) in [5.41, 5.74) is 4.82. The molecule has 2 heterocycles. The maximum atomic E-state index is 12.5. The molecule has 14 heteroatoms. The van der Waals surface area contributed by atoms with Crippen LogP contribution >= 0.6 is 0 Å². The van der Waals surface area contributed by atoms with E-state index in [1.807, 2.05) is 13.8 Å². The van der Waals surface area contributed by atoms with Gasteiger partial charge in [-0.15, -0.1) is 0 Å². The quantitative estimate of drug-likeness (QED) is 0.158. The first-order valence-electron chi connectivity index (χ1n) is 13.5. The fourth-order valence-electron chi connectivity index (χ4n) is 5.40. The molecule has 1 aliphatic carbocycles. The highest BCUT2D eigenvalue weighted by Crippen LogP contribution is 2.37. The summed E-state index contributed by atoms with van der Waals surface area (Å²) < 4.78 is 28.5. The first kappa shape index (κ1) is 32.3. The molecule has 2 aliphatic heterocycles. The molecule has 0 bridgehead atoms. The molecule has 1 amide bonds. The number of hydrogen-bond acceptors (Lipinski definition) is 13. The molecule has 228 valence electrons. The smallest absolute Gasteiger partial charge is 0.408 e. The number of aliphatic hydroxyl groups is 6. The zero-order chi connectivity index (χ0) is 29.2. The molecule has 0 aromatic carbocycles. The Morgan fingerprint density at radius 3 is 2.10 bits per heavy atom. The lowest BCUT2D eigenvalue weighted by Gasteiger charge is -2.43. The van der Waals surface area contributed by atoms with Crippen molar-refractivity contribution in [2.24, 2.45) is 17.6 Å². The molecule has 0 aromatic heterocycles. The number of carbonyl (C=O) groups is 1. The number of hydrogen-bond donors (Lipinski definition) is 8. The van der Waals surface area contributed by atoms with Crippen molar-refractivity contribution in [3.05, 3.63) is 0 Å². The molecule has 1 saturated carbocycles. The largest absolute Gasteiger partial charge is 0.444 e. The zero-order valence-corrected chi connectivity index (χ0v) is 23.1. The summed E-state index contributed by atoms with van der Waals surface area (Å²) >= 11 is 0. The van der Waals surface area contributed by atoms with E-state index in [2.05, 4.69) is 5.32 Å². The van der Waals surface area contributed by atoms with E-state index >= 15 is 0 Å². The Balaban J connectivity index is 1.78. The summed E-state index contributed by atoms with van der Waals surface area (Å²) in [6.45, 7) is 7.92. The molecular weight excluding hydrogens is 520 g/mol. The van der Waals surface area contributed by atoms with E-state index < -0.39 is 91.9 Å². The van der Waals surface area contributed by atoms with E-state index in [0.717, 1.165) is 0 Å². The van der Waals surface area contributed by atoms with Crippen molar-refractivity contribution >= 4 is 6.09 Å². The zero-order valence-electron chi connectivity index (χ0n) is 23.1. The molecule has 0 aromatic rings. The second-order valence-electron chi connectivity index (χ2n) is 11.7. The number of aliphatic hydroxyl groups excluding tert-OH is 6. The summed E-state index contributed by atoms with van der Waals surface area (Å²) in [5, 5.41) is 66.1. The molecule has 14 unspecified atom stereocenters. The van der Waals surface area contributed by atoms with Crippen LogP contribution in [0.15, 0.2) is 0 Å². The highest BCUT2D eigenvalue weighted by molar-refractivity contribution is 5.68. The minimum atomic E-state index is -1.58. The standard InChI is InChI=1S/C25H46N2O12/c1-6-11-7-10(2)15(29)21(16(11)30)38-23-19(33)20(13(9-28)36-23)37-22-14(27-24(34)39-25(3,4)5)18(32)17(31)12(8-26)35-22/h10-23,28-33H,6-9,26H2,1-5H3,(H,27,34). The summed E-state index contributed by atoms with van der Waals surface area (Å²) in [5.74, 6) is -0.289. The number of alkyl carbamates (subject to hydrolysis) is 1. The number of carbonyl (C=O) groups excluding carboxylic acids is 1. The number of nitrogens with two attached hydrogens (primary N) is 1. The third-order valence-electron chi connectivity index (χ3n) is 7.61. The van der Waals surface area contributed by atoms with Crippen molar-refractivity contribution in [3.8, 4) is 0 Å². The van der Waals surface area contributed by atoms with Crippen LogP contribution in [-0.4, -0.2) is 129 Å². The first-order valence-corrected chi connectivity index (χ1v) is 13.5. The third kappa shape index (κ3) is 7.38. The van der Waals surface area contributed by atoms with Crippen molar-refractivity contribution in [2.45, 2.75) is 127 Å². The van der Waals surface area contributed by atoms with Gasteiger partial charge in [-0.2, -0.15) is 0 Å². The average molecular weight is 567 g/mol. The molecule has 14 atom stereocenters. The molecule has 3 fully saturated rings. The summed E-state index contributed by atoms with van der Waals surface area (Å²) in [6, 6.07) is -1.35. The molecular formula is C25H46N2O12. The first-order chi connectivity index (χ1) is 18.2. The van der Waals surface area contributed by atoms with Crippen LogP contribution in [-0.2, 0) is 23.7 Å². The minimum absolute atomic E-state index is 0.121. The summed E-state index contributed by atoms with van der Waals surface area (Å²) in [7, 11) is 0. The van der Waals surface area contributed by atoms with Gasteiger partial charge in [-0.1, -0.05) is 20.3 Å². The second-order valence-corrected chi connectivity index (χ2v) is 11.7. The van der Waals surface area contributed by atoms with E-state index in [1.165, 1.54) is 0 Å². The van der Waals surface area contributed by atoms with Gasteiger partial charge < -0.3 is 65.4 Å². The third-order valence-corrected chi connectivity index (χ3v) is 7.61. The maximum absolute atomic E-state index is 12.5. The number of rotatable bonds is 8. The molecule has 0 spiro atoms. The monoisotopic (exact) mass is 566 g/mol. The molecule has 14 nitrogen and oxygen atoms in total. The Bertz CT molecular complexity index is 800. The van der Waals surface area contributed by atoms with Crippen molar-refractivity contribution in [1.29, 1.82) is 0 Å². The van der Waals surface area contributed by atoms with Gasteiger partial charge in [-0.25, -0.2) is 4.79 Å². The molecule has 3 rings (SSSR count). The number of amides is 1. The Labute approximate surface area is 228 Å². The van der Waals surface area contributed by atoms with E-state index in [9.17, 15) is 35.4 Å². The van der Waals surface area contributed by atoms with E-state index in [0.29, 0.717) is 12.8 Å². The van der Waals surface area contributed by atoms with Gasteiger partial charge in [-0.3, -0.25) is 0 Å². The van der Waals surface area contributed by atoms with Crippen molar-refractivity contribution in [3.63, 3.8) is 0 Å². The van der Waals surface area contributed by atoms with Crippen LogP contribution in [0.25, 0.3) is 0 Å². The van der Waals surface area contributed by atoms with Gasteiger partial charge in [0.25, 0.3) is 0 Å². The van der Waals surface area contributed by atoms with Crippen LogP contribution in [0.5, 0.6) is 0 Å². The van der Waals surface area contributed by atoms with Gasteiger partial charge in [0.15, 0.2) is 12.6 Å². The van der Waals surface area contributed by atoms with Gasteiger partial charge >= 0.3 is 6.09 Å². The fraction of sp³-hybridized carbons (Fsp3) is 0.960. The van der Waals surface area contributed by atoms with E-state index in [-0.39, 0.29) is 18.4 Å². The van der Waals surface area contributed by atoms with Gasteiger partial charge in [0.05, 0.1) is 18.8 Å². The Kier molecular flexibility index (Phi) is 11.0. The topological polar surface area (TPSA) is 223 Å². The van der Waals surface area contributed by atoms with Gasteiger partial charge in [0.2, 0.25) is 0 Å². The van der Waals surface area contributed by atoms with Crippen LogP contribution in [0, 0.1) is 11.8 Å². The summed E-state index contributed by atoms with van der Waals surface area (Å²) in [6.07, 6.45) is -13.6. The lowest BCUT2D eigenvalue weighted by molar-refractivity contribution is -0.284. The van der Waals surface area contributed by atoms with E-state index in [4.69, 9.17) is 29.4 Å².